The molecule has 1 aliphatic heterocycles. The summed E-state index contributed by atoms with van der Waals surface area (Å²) in [5, 5.41) is 7.96. The normalized spacial score (nSPS) is 16.9. The van der Waals surface area contributed by atoms with E-state index in [2.05, 4.69) is 20.2 Å². The van der Waals surface area contributed by atoms with Gasteiger partial charge in [-0.05, 0) is 39.8 Å². The lowest BCUT2D eigenvalue weighted by Gasteiger charge is -2.24. The van der Waals surface area contributed by atoms with Crippen molar-refractivity contribution in [3.63, 3.8) is 0 Å². The number of nitrogens with zero attached hydrogens (tertiary/aromatic N) is 4. The van der Waals surface area contributed by atoms with Gasteiger partial charge in [0.1, 0.15) is 11.3 Å². The van der Waals surface area contributed by atoms with Gasteiger partial charge < -0.3 is 9.05 Å². The first-order chi connectivity index (χ1) is 9.24. The van der Waals surface area contributed by atoms with E-state index in [1.165, 1.54) is 19.3 Å². The van der Waals surface area contributed by atoms with Crippen molar-refractivity contribution in [1.29, 1.82) is 0 Å². The molecule has 1 saturated heterocycles. The number of likely N-dealkylation sites (tertiary alicyclic amines) is 1. The summed E-state index contributed by atoms with van der Waals surface area (Å²) in [6.45, 7) is 6.72. The SMILES string of the molecule is Cc1noc(C)c1-c1nc(CN2CCCCC2)no1. The van der Waals surface area contributed by atoms with Crippen LogP contribution in [0.3, 0.4) is 0 Å². The molecule has 3 heterocycles. The fourth-order valence-corrected chi connectivity index (χ4v) is 2.53. The molecule has 1 fully saturated rings. The molecule has 19 heavy (non-hydrogen) atoms. The van der Waals surface area contributed by atoms with Crippen LogP contribution in [0.25, 0.3) is 11.5 Å². The van der Waals surface area contributed by atoms with Gasteiger partial charge in [-0.1, -0.05) is 16.7 Å². The summed E-state index contributed by atoms with van der Waals surface area (Å²) in [4.78, 5) is 6.82. The zero-order valence-corrected chi connectivity index (χ0v) is 11.3. The second-order valence-electron chi connectivity index (χ2n) is 5.05. The van der Waals surface area contributed by atoms with E-state index in [-0.39, 0.29) is 0 Å². The highest BCUT2D eigenvalue weighted by molar-refractivity contribution is 5.57. The van der Waals surface area contributed by atoms with Crippen LogP contribution in [0.4, 0.5) is 0 Å². The molecule has 102 valence electrons. The van der Waals surface area contributed by atoms with Crippen molar-refractivity contribution in [2.45, 2.75) is 39.7 Å². The molecule has 3 rings (SSSR count). The smallest absolute Gasteiger partial charge is 0.263 e. The van der Waals surface area contributed by atoms with Gasteiger partial charge in [-0.3, -0.25) is 4.90 Å². The molecular formula is C13H18N4O2. The maximum Gasteiger partial charge on any atom is 0.263 e. The average Bonchev–Trinajstić information content (AvgIpc) is 2.98. The molecule has 0 N–H and O–H groups in total. The fraction of sp³-hybridized carbons (Fsp3) is 0.615. The molecule has 1 aliphatic rings. The van der Waals surface area contributed by atoms with E-state index < -0.39 is 0 Å². The van der Waals surface area contributed by atoms with Gasteiger partial charge in [-0.2, -0.15) is 4.98 Å². The van der Waals surface area contributed by atoms with Crippen LogP contribution in [-0.4, -0.2) is 33.3 Å². The third-order valence-corrected chi connectivity index (χ3v) is 3.53. The molecule has 0 bridgehead atoms. The molecule has 0 aliphatic carbocycles. The lowest BCUT2D eigenvalue weighted by Crippen LogP contribution is -2.29. The number of aromatic nitrogens is 3. The van der Waals surface area contributed by atoms with Crippen LogP contribution in [0, 0.1) is 13.8 Å². The first-order valence-electron chi connectivity index (χ1n) is 6.72. The van der Waals surface area contributed by atoms with Crippen LogP contribution in [-0.2, 0) is 6.54 Å². The Kier molecular flexibility index (Phi) is 3.33. The minimum Gasteiger partial charge on any atom is -0.361 e. The second-order valence-corrected chi connectivity index (χ2v) is 5.05. The van der Waals surface area contributed by atoms with Crippen molar-refractivity contribution >= 4 is 0 Å². The Morgan fingerprint density at radius 2 is 1.84 bits per heavy atom. The standard InChI is InChI=1S/C13H18N4O2/c1-9-12(10(2)18-15-9)13-14-11(16-19-13)8-17-6-4-3-5-7-17/h3-8H2,1-2H3. The predicted molar refractivity (Wildman–Crippen MR) is 68.4 cm³/mol. The molecule has 0 amide bonds. The second kappa shape index (κ2) is 5.13. The summed E-state index contributed by atoms with van der Waals surface area (Å²) in [6, 6.07) is 0. The molecule has 6 heteroatoms. The summed E-state index contributed by atoms with van der Waals surface area (Å²) >= 11 is 0. The van der Waals surface area contributed by atoms with Crippen molar-refractivity contribution in [1.82, 2.24) is 20.2 Å². The molecule has 0 radical (unpaired) electrons. The van der Waals surface area contributed by atoms with Crippen molar-refractivity contribution in [2.75, 3.05) is 13.1 Å². The molecule has 0 unspecified atom stereocenters. The summed E-state index contributed by atoms with van der Waals surface area (Å²) in [5.74, 6) is 1.95. The quantitative estimate of drug-likeness (QED) is 0.845. The molecule has 0 aromatic carbocycles. The summed E-state index contributed by atoms with van der Waals surface area (Å²) < 4.78 is 10.4. The molecule has 2 aromatic heterocycles. The van der Waals surface area contributed by atoms with Gasteiger partial charge in [0.2, 0.25) is 0 Å². The Bertz CT molecular complexity index is 535. The van der Waals surface area contributed by atoms with Gasteiger partial charge in [0.25, 0.3) is 5.89 Å². The van der Waals surface area contributed by atoms with Crippen molar-refractivity contribution in [3.8, 4) is 11.5 Å². The zero-order chi connectivity index (χ0) is 13.2. The fourth-order valence-electron chi connectivity index (χ4n) is 2.53. The lowest BCUT2D eigenvalue weighted by molar-refractivity contribution is 0.213. The summed E-state index contributed by atoms with van der Waals surface area (Å²) in [5.41, 5.74) is 1.60. The number of rotatable bonds is 3. The Morgan fingerprint density at radius 1 is 1.05 bits per heavy atom. The maximum absolute atomic E-state index is 5.32. The van der Waals surface area contributed by atoms with Crippen LogP contribution in [0.2, 0.25) is 0 Å². The van der Waals surface area contributed by atoms with Crippen LogP contribution < -0.4 is 0 Å². The van der Waals surface area contributed by atoms with Crippen LogP contribution in [0.15, 0.2) is 9.05 Å². The van der Waals surface area contributed by atoms with Crippen molar-refractivity contribution < 1.29 is 9.05 Å². The molecule has 0 spiro atoms. The monoisotopic (exact) mass is 262 g/mol. The zero-order valence-electron chi connectivity index (χ0n) is 11.3. The van der Waals surface area contributed by atoms with Gasteiger partial charge in [-0.25, -0.2) is 0 Å². The Labute approximate surface area is 111 Å². The lowest BCUT2D eigenvalue weighted by atomic mass is 10.1. The summed E-state index contributed by atoms with van der Waals surface area (Å²) in [6.07, 6.45) is 3.84. The number of hydrogen-bond donors (Lipinski definition) is 0. The Hall–Kier alpha value is -1.69. The van der Waals surface area contributed by atoms with Gasteiger partial charge in [0, 0.05) is 0 Å². The van der Waals surface area contributed by atoms with Gasteiger partial charge in [0.05, 0.1) is 12.2 Å². The number of hydrogen-bond acceptors (Lipinski definition) is 6. The highest BCUT2D eigenvalue weighted by Gasteiger charge is 2.19. The number of piperidine rings is 1. The van der Waals surface area contributed by atoms with E-state index in [4.69, 9.17) is 9.05 Å². The topological polar surface area (TPSA) is 68.2 Å². The highest BCUT2D eigenvalue weighted by atomic mass is 16.5. The molecule has 2 aromatic rings. The van der Waals surface area contributed by atoms with E-state index in [1.54, 1.807) is 0 Å². The largest absolute Gasteiger partial charge is 0.361 e. The Morgan fingerprint density at radius 3 is 2.53 bits per heavy atom. The molecule has 0 atom stereocenters. The number of aryl methyl sites for hydroxylation is 2. The van der Waals surface area contributed by atoms with Crippen LogP contribution in [0.1, 0.15) is 36.5 Å². The van der Waals surface area contributed by atoms with Gasteiger partial charge >= 0.3 is 0 Å². The van der Waals surface area contributed by atoms with Crippen LogP contribution in [0.5, 0.6) is 0 Å². The first kappa shape index (κ1) is 12.3. The van der Waals surface area contributed by atoms with Crippen molar-refractivity contribution in [3.05, 3.63) is 17.3 Å². The average molecular weight is 262 g/mol. The van der Waals surface area contributed by atoms with E-state index in [0.29, 0.717) is 11.7 Å². The molecule has 6 nitrogen and oxygen atoms in total. The van der Waals surface area contributed by atoms with E-state index in [0.717, 1.165) is 36.7 Å². The third-order valence-electron chi connectivity index (χ3n) is 3.53. The highest BCUT2D eigenvalue weighted by Crippen LogP contribution is 2.25. The Balaban J connectivity index is 1.76. The molecular weight excluding hydrogens is 244 g/mol. The first-order valence-corrected chi connectivity index (χ1v) is 6.72. The predicted octanol–water partition coefficient (Wildman–Crippen LogP) is 2.33. The van der Waals surface area contributed by atoms with Crippen molar-refractivity contribution in [2.24, 2.45) is 0 Å². The minimum atomic E-state index is 0.503. The van der Waals surface area contributed by atoms with E-state index in [9.17, 15) is 0 Å². The summed E-state index contributed by atoms with van der Waals surface area (Å²) in [7, 11) is 0. The van der Waals surface area contributed by atoms with E-state index in [1.807, 2.05) is 13.8 Å². The van der Waals surface area contributed by atoms with Crippen LogP contribution >= 0.6 is 0 Å². The minimum absolute atomic E-state index is 0.503. The van der Waals surface area contributed by atoms with Gasteiger partial charge in [0.15, 0.2) is 5.82 Å². The maximum atomic E-state index is 5.32. The third kappa shape index (κ3) is 2.53. The van der Waals surface area contributed by atoms with E-state index >= 15 is 0 Å². The molecule has 0 saturated carbocycles. The van der Waals surface area contributed by atoms with Gasteiger partial charge in [-0.15, -0.1) is 0 Å².